The van der Waals surface area contributed by atoms with Crippen molar-refractivity contribution in [3.05, 3.63) is 75.6 Å². The number of hydrogen-bond donors (Lipinski definition) is 1. The Bertz CT molecular complexity index is 1020. The molecule has 0 atom stereocenters. The third-order valence-electron chi connectivity index (χ3n) is 4.71. The van der Waals surface area contributed by atoms with Gasteiger partial charge < -0.3 is 14.6 Å². The zero-order valence-electron chi connectivity index (χ0n) is 16.6. The Kier molecular flexibility index (Phi) is 6.14. The van der Waals surface area contributed by atoms with Gasteiger partial charge in [0.15, 0.2) is 0 Å². The monoisotopic (exact) mass is 378 g/mol. The minimum Gasteiger partial charge on any atom is -0.494 e. The summed E-state index contributed by atoms with van der Waals surface area (Å²) in [6.07, 6.45) is 0.395. The maximum Gasteiger partial charge on any atom is 0.253 e. The molecule has 1 amide bonds. The lowest BCUT2D eigenvalue weighted by Crippen LogP contribution is -2.31. The molecule has 3 rings (SSSR count). The standard InChI is InChI=1S/C23H26N2O3/c1-4-22(26)25(14-17-8-6-16(3)7-9-17)15-19-12-18-13-20(28-5-2)10-11-21(18)24-23(19)27/h6-13H,4-5,14-15H2,1-3H3,(H,24,27). The predicted octanol–water partition coefficient (Wildman–Crippen LogP) is 4.17. The fourth-order valence-corrected chi connectivity index (χ4v) is 3.18. The highest BCUT2D eigenvalue weighted by atomic mass is 16.5. The first-order valence-corrected chi connectivity index (χ1v) is 9.62. The van der Waals surface area contributed by atoms with Gasteiger partial charge in [-0.1, -0.05) is 36.8 Å². The molecule has 5 nitrogen and oxygen atoms in total. The van der Waals surface area contributed by atoms with E-state index in [0.717, 1.165) is 22.2 Å². The Balaban J connectivity index is 1.91. The molecule has 146 valence electrons. The number of benzene rings is 2. The number of fused-ring (bicyclic) bond motifs is 1. The summed E-state index contributed by atoms with van der Waals surface area (Å²) in [5.41, 5.74) is 3.37. The summed E-state index contributed by atoms with van der Waals surface area (Å²) in [6.45, 7) is 7.13. The molecular weight excluding hydrogens is 352 g/mol. The number of H-pyrrole nitrogens is 1. The predicted molar refractivity (Wildman–Crippen MR) is 111 cm³/mol. The third kappa shape index (κ3) is 4.60. The van der Waals surface area contributed by atoms with Crippen molar-refractivity contribution in [1.29, 1.82) is 0 Å². The van der Waals surface area contributed by atoms with Crippen molar-refractivity contribution in [2.75, 3.05) is 6.61 Å². The first-order chi connectivity index (χ1) is 13.5. The first-order valence-electron chi connectivity index (χ1n) is 9.62. The highest BCUT2D eigenvalue weighted by Gasteiger charge is 2.15. The molecule has 2 aromatic carbocycles. The maximum atomic E-state index is 12.6. The summed E-state index contributed by atoms with van der Waals surface area (Å²) in [5.74, 6) is 0.775. The molecule has 1 heterocycles. The van der Waals surface area contributed by atoms with Gasteiger partial charge in [0.1, 0.15) is 5.75 Å². The molecule has 0 aliphatic carbocycles. The molecule has 0 saturated heterocycles. The van der Waals surface area contributed by atoms with Crippen molar-refractivity contribution in [3.8, 4) is 5.75 Å². The number of aromatic nitrogens is 1. The lowest BCUT2D eigenvalue weighted by molar-refractivity contribution is -0.132. The summed E-state index contributed by atoms with van der Waals surface area (Å²) in [6, 6.07) is 15.5. The molecule has 0 aliphatic heterocycles. The van der Waals surface area contributed by atoms with E-state index in [1.54, 1.807) is 4.90 Å². The minimum atomic E-state index is -0.172. The number of nitrogens with one attached hydrogen (secondary N) is 1. The summed E-state index contributed by atoms with van der Waals surface area (Å²) in [4.78, 5) is 29.7. The van der Waals surface area contributed by atoms with Crippen LogP contribution in [0.4, 0.5) is 0 Å². The summed E-state index contributed by atoms with van der Waals surface area (Å²) in [7, 11) is 0. The van der Waals surface area contributed by atoms with E-state index in [1.807, 2.05) is 69.3 Å². The Morgan fingerprint density at radius 1 is 1.04 bits per heavy atom. The van der Waals surface area contributed by atoms with Crippen LogP contribution in [-0.4, -0.2) is 22.4 Å². The van der Waals surface area contributed by atoms with E-state index < -0.39 is 0 Å². The fraction of sp³-hybridized carbons (Fsp3) is 0.304. The summed E-state index contributed by atoms with van der Waals surface area (Å²) < 4.78 is 5.55. The zero-order chi connectivity index (χ0) is 20.1. The van der Waals surface area contributed by atoms with Crippen molar-refractivity contribution < 1.29 is 9.53 Å². The second kappa shape index (κ2) is 8.74. The lowest BCUT2D eigenvalue weighted by Gasteiger charge is -2.22. The van der Waals surface area contributed by atoms with Crippen molar-refractivity contribution >= 4 is 16.8 Å². The molecule has 3 aromatic rings. The topological polar surface area (TPSA) is 62.4 Å². The van der Waals surface area contributed by atoms with Crippen molar-refractivity contribution in [2.45, 2.75) is 40.3 Å². The molecule has 1 aromatic heterocycles. The molecule has 5 heteroatoms. The molecule has 28 heavy (non-hydrogen) atoms. The first kappa shape index (κ1) is 19.7. The molecule has 0 unspecified atom stereocenters. The molecule has 0 aliphatic rings. The van der Waals surface area contributed by atoms with Crippen LogP contribution in [0.25, 0.3) is 10.9 Å². The second-order valence-corrected chi connectivity index (χ2v) is 6.89. The Hall–Kier alpha value is -3.08. The minimum absolute atomic E-state index is 0.0168. The van der Waals surface area contributed by atoms with E-state index in [0.29, 0.717) is 25.1 Å². The van der Waals surface area contributed by atoms with E-state index in [4.69, 9.17) is 4.74 Å². The molecule has 1 N–H and O–H groups in total. The van der Waals surface area contributed by atoms with E-state index in [9.17, 15) is 9.59 Å². The van der Waals surface area contributed by atoms with Gasteiger partial charge in [0.05, 0.1) is 13.2 Å². The van der Waals surface area contributed by atoms with Crippen LogP contribution in [0.3, 0.4) is 0 Å². The number of rotatable bonds is 7. The van der Waals surface area contributed by atoms with E-state index >= 15 is 0 Å². The molecular formula is C23H26N2O3. The number of ether oxygens (including phenoxy) is 1. The number of hydrogen-bond acceptors (Lipinski definition) is 3. The van der Waals surface area contributed by atoms with E-state index in [2.05, 4.69) is 4.98 Å². The van der Waals surface area contributed by atoms with Gasteiger partial charge in [-0.25, -0.2) is 0 Å². The smallest absolute Gasteiger partial charge is 0.253 e. The molecule has 0 radical (unpaired) electrons. The lowest BCUT2D eigenvalue weighted by atomic mass is 10.1. The molecule has 0 bridgehead atoms. The number of pyridine rings is 1. The molecule has 0 fully saturated rings. The fourth-order valence-electron chi connectivity index (χ4n) is 3.18. The molecule has 0 saturated carbocycles. The van der Waals surface area contributed by atoms with Gasteiger partial charge in [0.2, 0.25) is 5.91 Å². The normalized spacial score (nSPS) is 10.8. The summed E-state index contributed by atoms with van der Waals surface area (Å²) >= 11 is 0. The Morgan fingerprint density at radius 2 is 1.79 bits per heavy atom. The quantitative estimate of drug-likeness (QED) is 0.671. The number of amides is 1. The third-order valence-corrected chi connectivity index (χ3v) is 4.71. The van der Waals surface area contributed by atoms with Crippen LogP contribution < -0.4 is 10.3 Å². The highest BCUT2D eigenvalue weighted by molar-refractivity contribution is 5.81. The van der Waals surface area contributed by atoms with E-state index in [-0.39, 0.29) is 18.0 Å². The van der Waals surface area contributed by atoms with Gasteiger partial charge in [-0.3, -0.25) is 9.59 Å². The number of carbonyl (C=O) groups excluding carboxylic acids is 1. The SMILES string of the molecule is CCOc1ccc2[nH]c(=O)c(CN(Cc3ccc(C)cc3)C(=O)CC)cc2c1. The van der Waals surface area contributed by atoms with Gasteiger partial charge >= 0.3 is 0 Å². The highest BCUT2D eigenvalue weighted by Crippen LogP contribution is 2.20. The largest absolute Gasteiger partial charge is 0.494 e. The van der Waals surface area contributed by atoms with Crippen LogP contribution in [-0.2, 0) is 17.9 Å². The van der Waals surface area contributed by atoms with Gasteiger partial charge in [-0.15, -0.1) is 0 Å². The van der Waals surface area contributed by atoms with E-state index in [1.165, 1.54) is 5.56 Å². The van der Waals surface area contributed by atoms with Gasteiger partial charge in [-0.2, -0.15) is 0 Å². The van der Waals surface area contributed by atoms with Crippen molar-refractivity contribution in [3.63, 3.8) is 0 Å². The van der Waals surface area contributed by atoms with Crippen LogP contribution in [0.1, 0.15) is 37.0 Å². The zero-order valence-corrected chi connectivity index (χ0v) is 16.6. The number of aryl methyl sites for hydroxylation is 1. The van der Waals surface area contributed by atoms with Crippen LogP contribution in [0.2, 0.25) is 0 Å². The van der Waals surface area contributed by atoms with Crippen molar-refractivity contribution in [2.24, 2.45) is 0 Å². The average molecular weight is 378 g/mol. The Morgan fingerprint density at radius 3 is 2.46 bits per heavy atom. The van der Waals surface area contributed by atoms with Crippen LogP contribution in [0, 0.1) is 6.92 Å². The van der Waals surface area contributed by atoms with Crippen LogP contribution >= 0.6 is 0 Å². The van der Waals surface area contributed by atoms with Crippen molar-refractivity contribution in [1.82, 2.24) is 9.88 Å². The van der Waals surface area contributed by atoms with Gasteiger partial charge in [0.25, 0.3) is 5.56 Å². The maximum absolute atomic E-state index is 12.6. The van der Waals surface area contributed by atoms with Gasteiger partial charge in [0, 0.05) is 29.4 Å². The Labute approximate surface area is 165 Å². The number of nitrogens with zero attached hydrogens (tertiary/aromatic N) is 1. The average Bonchev–Trinajstić information content (AvgIpc) is 2.69. The summed E-state index contributed by atoms with van der Waals surface area (Å²) in [5, 5.41) is 0.889. The number of carbonyl (C=O) groups is 1. The van der Waals surface area contributed by atoms with Gasteiger partial charge in [-0.05, 0) is 43.7 Å². The second-order valence-electron chi connectivity index (χ2n) is 6.89. The molecule has 0 spiro atoms. The van der Waals surface area contributed by atoms with Crippen LogP contribution in [0.5, 0.6) is 5.75 Å². The van der Waals surface area contributed by atoms with Crippen LogP contribution in [0.15, 0.2) is 53.3 Å². The number of aromatic amines is 1.